The van der Waals surface area contributed by atoms with E-state index in [0.717, 1.165) is 25.2 Å². The molecule has 1 aromatic rings. The number of benzene rings is 1. The molecule has 0 aliphatic carbocycles. The van der Waals surface area contributed by atoms with Crippen LogP contribution in [0.15, 0.2) is 42.0 Å². The van der Waals surface area contributed by atoms with Crippen molar-refractivity contribution in [3.8, 4) is 0 Å². The zero-order chi connectivity index (χ0) is 19.1. The molecule has 0 N–H and O–H groups in total. The van der Waals surface area contributed by atoms with E-state index >= 15 is 0 Å². The predicted molar refractivity (Wildman–Crippen MR) is 111 cm³/mol. The number of carbonyl (C=O) groups is 1. The van der Waals surface area contributed by atoms with Gasteiger partial charge in [-0.25, -0.2) is 0 Å². The van der Waals surface area contributed by atoms with Gasteiger partial charge >= 0.3 is 0 Å². The van der Waals surface area contributed by atoms with Crippen molar-refractivity contribution in [2.24, 2.45) is 0 Å². The second-order valence-electron chi connectivity index (χ2n) is 6.74. The number of likely N-dealkylation sites (tertiary alicyclic amines) is 1. The highest BCUT2D eigenvalue weighted by Gasteiger charge is 2.26. The molecule has 0 bridgehead atoms. The number of halogens is 2. The topological polar surface area (TPSA) is 23.6 Å². The molecule has 1 unspecified atom stereocenters. The molecular weight excluding hydrogens is 367 g/mol. The molecule has 1 amide bonds. The summed E-state index contributed by atoms with van der Waals surface area (Å²) in [5.41, 5.74) is 2.05. The van der Waals surface area contributed by atoms with Crippen LogP contribution in [0, 0.1) is 0 Å². The Morgan fingerprint density at radius 3 is 2.50 bits per heavy atom. The van der Waals surface area contributed by atoms with Gasteiger partial charge in [-0.3, -0.25) is 4.79 Å². The number of rotatable bonds is 7. The van der Waals surface area contributed by atoms with Crippen LogP contribution in [-0.4, -0.2) is 48.4 Å². The molecule has 1 atom stereocenters. The van der Waals surface area contributed by atoms with Gasteiger partial charge in [-0.05, 0) is 63.0 Å². The van der Waals surface area contributed by atoms with E-state index in [9.17, 15) is 4.79 Å². The van der Waals surface area contributed by atoms with Crippen molar-refractivity contribution in [3.05, 3.63) is 57.6 Å². The van der Waals surface area contributed by atoms with Crippen molar-refractivity contribution in [3.63, 3.8) is 0 Å². The minimum atomic E-state index is 0.0459. The Kier molecular flexibility index (Phi) is 8.20. The van der Waals surface area contributed by atoms with Crippen molar-refractivity contribution in [1.82, 2.24) is 9.80 Å². The molecular formula is C21H28Cl2N2O. The SMILES string of the molecule is C/C=C\C(=C/C)C(CN1CCCC1)N(C)C(=O)Cc1ccc(Cl)c(Cl)c1. The first kappa shape index (κ1) is 21.0. The first-order chi connectivity index (χ1) is 12.5. The molecule has 2 rings (SSSR count). The lowest BCUT2D eigenvalue weighted by Crippen LogP contribution is -2.45. The lowest BCUT2D eigenvalue weighted by atomic mass is 10.0. The molecule has 142 valence electrons. The van der Waals surface area contributed by atoms with E-state index in [1.54, 1.807) is 12.1 Å². The monoisotopic (exact) mass is 394 g/mol. The second-order valence-corrected chi connectivity index (χ2v) is 7.56. The molecule has 0 aromatic heterocycles. The van der Waals surface area contributed by atoms with Gasteiger partial charge < -0.3 is 9.80 Å². The van der Waals surface area contributed by atoms with E-state index < -0.39 is 0 Å². The van der Waals surface area contributed by atoms with Crippen LogP contribution in [0.3, 0.4) is 0 Å². The molecule has 1 heterocycles. The van der Waals surface area contributed by atoms with Gasteiger partial charge in [0.15, 0.2) is 0 Å². The number of amides is 1. The summed E-state index contributed by atoms with van der Waals surface area (Å²) in [5.74, 6) is 0.0800. The van der Waals surface area contributed by atoms with Crippen LogP contribution in [0.5, 0.6) is 0 Å². The van der Waals surface area contributed by atoms with Crippen LogP contribution >= 0.6 is 23.2 Å². The third-order valence-electron chi connectivity index (χ3n) is 4.91. The third-order valence-corrected chi connectivity index (χ3v) is 5.65. The largest absolute Gasteiger partial charge is 0.337 e. The molecule has 0 radical (unpaired) electrons. The van der Waals surface area contributed by atoms with Crippen LogP contribution in [0.1, 0.15) is 32.3 Å². The zero-order valence-corrected chi connectivity index (χ0v) is 17.4. The maximum absolute atomic E-state index is 12.9. The maximum atomic E-state index is 12.9. The molecule has 3 nitrogen and oxygen atoms in total. The Morgan fingerprint density at radius 2 is 1.92 bits per heavy atom. The Morgan fingerprint density at radius 1 is 1.23 bits per heavy atom. The summed E-state index contributed by atoms with van der Waals surface area (Å²) in [6, 6.07) is 5.42. The van der Waals surface area contributed by atoms with Gasteiger partial charge in [-0.1, -0.05) is 47.5 Å². The summed E-state index contributed by atoms with van der Waals surface area (Å²) < 4.78 is 0. The summed E-state index contributed by atoms with van der Waals surface area (Å²) in [7, 11) is 1.90. The average molecular weight is 395 g/mol. The van der Waals surface area contributed by atoms with Crippen molar-refractivity contribution in [2.75, 3.05) is 26.7 Å². The van der Waals surface area contributed by atoms with Crippen LogP contribution in [-0.2, 0) is 11.2 Å². The fraction of sp³-hybridized carbons (Fsp3) is 0.476. The number of nitrogens with zero attached hydrogens (tertiary/aromatic N) is 2. The van der Waals surface area contributed by atoms with E-state index in [1.807, 2.05) is 37.9 Å². The average Bonchev–Trinajstić information content (AvgIpc) is 3.13. The van der Waals surface area contributed by atoms with E-state index in [4.69, 9.17) is 23.2 Å². The molecule has 1 fully saturated rings. The van der Waals surface area contributed by atoms with Gasteiger partial charge in [-0.2, -0.15) is 0 Å². The standard InChI is InChI=1S/C21H28Cl2N2O/c1-4-8-17(5-2)20(15-25-11-6-7-12-25)24(3)21(26)14-16-9-10-18(22)19(23)13-16/h4-5,8-10,13,20H,6-7,11-12,14-15H2,1-3H3/b8-4-,17-5+. The highest BCUT2D eigenvalue weighted by Crippen LogP contribution is 2.23. The maximum Gasteiger partial charge on any atom is 0.227 e. The lowest BCUT2D eigenvalue weighted by Gasteiger charge is -2.33. The number of carbonyl (C=O) groups excluding carboxylic acids is 1. The summed E-state index contributed by atoms with van der Waals surface area (Å²) in [5, 5.41) is 0.990. The number of likely N-dealkylation sites (N-methyl/N-ethyl adjacent to an activating group) is 1. The van der Waals surface area contributed by atoms with Gasteiger partial charge in [0, 0.05) is 13.6 Å². The summed E-state index contributed by atoms with van der Waals surface area (Å²) in [4.78, 5) is 17.2. The fourth-order valence-corrected chi connectivity index (χ4v) is 3.70. The first-order valence-corrected chi connectivity index (χ1v) is 9.92. The molecule has 0 saturated carbocycles. The van der Waals surface area contributed by atoms with Gasteiger partial charge in [0.2, 0.25) is 5.91 Å². The molecule has 5 heteroatoms. The molecule has 1 saturated heterocycles. The molecule has 1 aromatic carbocycles. The third kappa shape index (κ3) is 5.60. The van der Waals surface area contributed by atoms with E-state index in [-0.39, 0.29) is 11.9 Å². The van der Waals surface area contributed by atoms with Crippen molar-refractivity contribution < 1.29 is 4.79 Å². The molecule has 0 spiro atoms. The minimum Gasteiger partial charge on any atom is -0.337 e. The predicted octanol–water partition coefficient (Wildman–Crippen LogP) is 4.98. The highest BCUT2D eigenvalue weighted by molar-refractivity contribution is 6.42. The lowest BCUT2D eigenvalue weighted by molar-refractivity contribution is -0.130. The molecule has 1 aliphatic rings. The summed E-state index contributed by atoms with van der Waals surface area (Å²) >= 11 is 12.1. The van der Waals surface area contributed by atoms with Crippen LogP contribution in [0.4, 0.5) is 0 Å². The smallest absolute Gasteiger partial charge is 0.227 e. The normalized spacial score (nSPS) is 17.0. The van der Waals surface area contributed by atoms with Crippen LogP contribution in [0.25, 0.3) is 0 Å². The molecule has 1 aliphatic heterocycles. The number of hydrogen-bond donors (Lipinski definition) is 0. The van der Waals surface area contributed by atoms with Gasteiger partial charge in [0.05, 0.1) is 22.5 Å². The Balaban J connectivity index is 2.15. The molecule has 26 heavy (non-hydrogen) atoms. The van der Waals surface area contributed by atoms with Crippen molar-refractivity contribution >= 4 is 29.1 Å². The van der Waals surface area contributed by atoms with E-state index in [0.29, 0.717) is 16.5 Å². The van der Waals surface area contributed by atoms with Crippen molar-refractivity contribution in [1.29, 1.82) is 0 Å². The second kappa shape index (κ2) is 10.1. The number of allylic oxidation sites excluding steroid dienone is 2. The van der Waals surface area contributed by atoms with Gasteiger partial charge in [-0.15, -0.1) is 0 Å². The first-order valence-electron chi connectivity index (χ1n) is 9.17. The number of hydrogen-bond acceptors (Lipinski definition) is 2. The van der Waals surface area contributed by atoms with Crippen LogP contribution < -0.4 is 0 Å². The van der Waals surface area contributed by atoms with Crippen molar-refractivity contribution in [2.45, 2.75) is 39.2 Å². The summed E-state index contributed by atoms with van der Waals surface area (Å²) in [6.45, 7) is 7.13. The van der Waals surface area contributed by atoms with Gasteiger partial charge in [0.25, 0.3) is 0 Å². The zero-order valence-electron chi connectivity index (χ0n) is 15.8. The highest BCUT2D eigenvalue weighted by atomic mass is 35.5. The minimum absolute atomic E-state index is 0.0459. The Hall–Kier alpha value is -1.29. The quantitative estimate of drug-likeness (QED) is 0.608. The van der Waals surface area contributed by atoms with Gasteiger partial charge in [0.1, 0.15) is 0 Å². The Bertz CT molecular complexity index is 679. The fourth-order valence-electron chi connectivity index (χ4n) is 3.38. The summed E-state index contributed by atoms with van der Waals surface area (Å²) in [6.07, 6.45) is 9.03. The van der Waals surface area contributed by atoms with E-state index in [2.05, 4.69) is 17.1 Å². The Labute approximate surface area is 167 Å². The van der Waals surface area contributed by atoms with Crippen LogP contribution in [0.2, 0.25) is 10.0 Å². The van der Waals surface area contributed by atoms with E-state index in [1.165, 1.54) is 18.4 Å².